The first-order chi connectivity index (χ1) is 58.8. The van der Waals surface area contributed by atoms with Crippen molar-refractivity contribution in [1.29, 1.82) is 0 Å². The average molecular weight is 1590 g/mol. The Labute approximate surface area is 706 Å². The number of fused-ring (bicyclic) bond motifs is 4. The van der Waals surface area contributed by atoms with E-state index >= 15 is 16.8 Å². The van der Waals surface area contributed by atoms with Gasteiger partial charge in [0.05, 0.1) is 33.7 Å². The van der Waals surface area contributed by atoms with E-state index < -0.39 is 30.9 Å². The molecule has 0 spiro atoms. The van der Waals surface area contributed by atoms with Gasteiger partial charge >= 0.3 is 0 Å². The van der Waals surface area contributed by atoms with Crippen LogP contribution in [0.5, 0.6) is 0 Å². The molecular formula is C112H88N2O4S2. The fraction of sp³-hybridized carbons (Fsp3) is 0.107. The van der Waals surface area contributed by atoms with Gasteiger partial charge in [-0.15, -0.1) is 0 Å². The smallest absolute Gasteiger partial charge is 0.207 e. The highest BCUT2D eigenvalue weighted by molar-refractivity contribution is 7.89. The zero-order valence-corrected chi connectivity index (χ0v) is 69.1. The topological polar surface area (TPSA) is 74.8 Å². The molecule has 0 aliphatic heterocycles. The number of benzene rings is 14. The molecule has 6 nitrogen and oxygen atoms in total. The van der Waals surface area contributed by atoms with Crippen molar-refractivity contribution in [1.82, 2.24) is 8.61 Å². The molecule has 582 valence electrons. The predicted octanol–water partition coefficient (Wildman–Crippen LogP) is 23.6. The number of allylic oxidation sites excluding steroid dienone is 4. The zero-order valence-electron chi connectivity index (χ0n) is 67.4. The lowest BCUT2D eigenvalue weighted by Crippen LogP contribution is -2.39. The normalized spacial score (nSPS) is 15.8. The van der Waals surface area contributed by atoms with Gasteiger partial charge in [0.15, 0.2) is 0 Å². The second kappa shape index (κ2) is 33.1. The van der Waals surface area contributed by atoms with Crippen molar-refractivity contribution in [3.8, 4) is 23.7 Å². The quantitative estimate of drug-likeness (QED) is 0.0713. The van der Waals surface area contributed by atoms with Crippen molar-refractivity contribution in [2.24, 2.45) is 11.8 Å². The summed E-state index contributed by atoms with van der Waals surface area (Å²) in [6.45, 7) is 7.70. The van der Waals surface area contributed by atoms with Crippen LogP contribution in [0, 0.1) is 49.4 Å². The lowest BCUT2D eigenvalue weighted by molar-refractivity contribution is 0.469. The molecule has 0 saturated heterocycles. The van der Waals surface area contributed by atoms with Crippen LogP contribution in [0.3, 0.4) is 0 Å². The van der Waals surface area contributed by atoms with E-state index in [1.807, 2.05) is 62.4 Å². The fourth-order valence-corrected chi connectivity index (χ4v) is 22.0. The summed E-state index contributed by atoms with van der Waals surface area (Å²) in [5, 5.41) is 0. The van der Waals surface area contributed by atoms with Gasteiger partial charge in [0.2, 0.25) is 20.0 Å². The first kappa shape index (κ1) is 77.7. The van der Waals surface area contributed by atoms with Gasteiger partial charge in [-0.25, -0.2) is 16.8 Å². The maximum atomic E-state index is 16.6. The van der Waals surface area contributed by atoms with Gasteiger partial charge in [-0.1, -0.05) is 413 Å². The van der Waals surface area contributed by atoms with E-state index in [9.17, 15) is 0 Å². The lowest BCUT2D eigenvalue weighted by Gasteiger charge is -2.44. The Kier molecular flexibility index (Phi) is 21.4. The molecule has 18 rings (SSSR count). The van der Waals surface area contributed by atoms with Crippen molar-refractivity contribution in [2.75, 3.05) is 26.2 Å². The Morgan fingerprint density at radius 3 is 0.842 bits per heavy atom. The molecule has 4 aliphatic rings. The molecule has 120 heavy (non-hydrogen) atoms. The number of nitrogens with zero attached hydrogens (tertiary/aromatic N) is 2. The summed E-state index contributed by atoms with van der Waals surface area (Å²) in [5.41, 5.74) is 26.2. The molecular weight excluding hydrogens is 1500 g/mol. The van der Waals surface area contributed by atoms with Gasteiger partial charge in [0, 0.05) is 24.9 Å². The number of sulfonamides is 2. The summed E-state index contributed by atoms with van der Waals surface area (Å²) in [4.78, 5) is 0.232. The SMILES string of the molecule is Cc1ccc(S(=O)(=O)N(CC#CC#CCN(CC2=C3C(=C(c4ccccc4)c4ccccc4C3(c3ccccc3)c3ccccc3)C(C)C2=C(c2ccccc2)c2ccccc2)S(=O)(=O)c2ccc(C)cc2)CC2=C3C(=C(c4ccccc4)c4ccccc4C3(c3ccccc3)c3ccccc3)C(C)C2=C(c2ccccc2)c2ccccc2)cc1. The monoisotopic (exact) mass is 1590 g/mol. The number of hydrogen-bond donors (Lipinski definition) is 0. The van der Waals surface area contributed by atoms with E-state index in [2.05, 4.69) is 365 Å². The number of rotatable bonds is 20. The summed E-state index contributed by atoms with van der Waals surface area (Å²) in [6.07, 6.45) is 0. The molecule has 4 aliphatic carbocycles. The minimum atomic E-state index is -4.45. The second-order valence-electron chi connectivity index (χ2n) is 31.3. The molecule has 14 aromatic rings. The minimum Gasteiger partial charge on any atom is -0.207 e. The molecule has 0 saturated carbocycles. The van der Waals surface area contributed by atoms with Crippen molar-refractivity contribution < 1.29 is 16.8 Å². The van der Waals surface area contributed by atoms with Crippen LogP contribution < -0.4 is 0 Å². The second-order valence-corrected chi connectivity index (χ2v) is 35.2. The number of hydrogen-bond acceptors (Lipinski definition) is 4. The molecule has 2 unspecified atom stereocenters. The molecule has 8 heteroatoms. The Hall–Kier alpha value is -13.5. The summed E-state index contributed by atoms with van der Waals surface area (Å²) < 4.78 is 69.4. The molecule has 14 aromatic carbocycles. The average Bonchev–Trinajstić information content (AvgIpc) is 1.46. The van der Waals surface area contributed by atoms with E-state index in [1.54, 1.807) is 32.9 Å². The number of aryl methyl sites for hydroxylation is 2. The summed E-state index contributed by atoms with van der Waals surface area (Å²) in [5.74, 6) is 12.4. The third-order valence-electron chi connectivity index (χ3n) is 24.5. The van der Waals surface area contributed by atoms with Crippen LogP contribution in [0.15, 0.2) is 455 Å². The molecule has 0 N–H and O–H groups in total. The highest BCUT2D eigenvalue weighted by Gasteiger charge is 2.56. The van der Waals surface area contributed by atoms with Crippen LogP contribution in [-0.2, 0) is 30.9 Å². The molecule has 0 fully saturated rings. The van der Waals surface area contributed by atoms with E-state index in [0.29, 0.717) is 0 Å². The molecule has 0 bridgehead atoms. The summed E-state index contributed by atoms with van der Waals surface area (Å²) in [6, 6.07) is 138. The van der Waals surface area contributed by atoms with E-state index in [-0.39, 0.29) is 47.8 Å². The first-order valence-corrected chi connectivity index (χ1v) is 44.0. The third-order valence-corrected chi connectivity index (χ3v) is 28.1. The Morgan fingerprint density at radius 2 is 0.558 bits per heavy atom. The van der Waals surface area contributed by atoms with Gasteiger partial charge in [-0.2, -0.15) is 8.61 Å². The van der Waals surface area contributed by atoms with E-state index in [0.717, 1.165) is 156 Å². The van der Waals surface area contributed by atoms with Crippen molar-refractivity contribution in [3.63, 3.8) is 0 Å². The molecule has 0 heterocycles. The van der Waals surface area contributed by atoms with Crippen LogP contribution in [0.2, 0.25) is 0 Å². The van der Waals surface area contributed by atoms with E-state index in [1.165, 1.54) is 0 Å². The summed E-state index contributed by atoms with van der Waals surface area (Å²) in [7, 11) is -8.91. The van der Waals surface area contributed by atoms with Gasteiger partial charge in [-0.3, -0.25) is 0 Å². The fourth-order valence-electron chi connectivity index (χ4n) is 19.4. The van der Waals surface area contributed by atoms with Crippen molar-refractivity contribution >= 4 is 42.3 Å². The van der Waals surface area contributed by atoms with Crippen LogP contribution in [0.4, 0.5) is 0 Å². The minimum absolute atomic E-state index is 0.116. The van der Waals surface area contributed by atoms with Crippen LogP contribution in [0.25, 0.3) is 22.3 Å². The Bertz CT molecular complexity index is 6210. The van der Waals surface area contributed by atoms with Gasteiger partial charge < -0.3 is 0 Å². The van der Waals surface area contributed by atoms with Crippen LogP contribution in [-0.4, -0.2) is 51.6 Å². The Balaban J connectivity index is 0.868. The molecule has 0 amide bonds. The standard InChI is InChI=1S/C112H88N2O4S2/c1-79-67-71-93(72-68-79)119(115,116)113(77-97-101(105(83-43-17-7-18-44-83)84-45-19-8-20-46-84)81(3)103-107(87-51-25-11-26-52-87)95-63-37-39-65-99(95)111(109(97)103,89-55-29-13-30-56-89)90-57-31-14-32-58-90)75-41-5-6-42-76-114(120(117,118)94-73-69-80(2)70-74-94)78-98-102(106(85-47-21-9-22-48-85)86-49-23-10-24-50-86)82(4)104-108(88-53-27-12-28-54-88)96-64-38-40-66-100(96)112(110(98)104,91-59-33-15-34-60-91)92-61-35-16-36-62-92/h7-40,43-74,81-82H,75-78H2,1-4H3. The lowest BCUT2D eigenvalue weighted by atomic mass is 9.57. The van der Waals surface area contributed by atoms with Crippen LogP contribution in [0.1, 0.15) is 103 Å². The predicted molar refractivity (Wildman–Crippen MR) is 489 cm³/mol. The molecule has 0 radical (unpaired) electrons. The highest BCUT2D eigenvalue weighted by Crippen LogP contribution is 2.66. The van der Waals surface area contributed by atoms with Crippen molar-refractivity contribution in [3.05, 3.63) is 534 Å². The Morgan fingerprint density at radius 1 is 0.308 bits per heavy atom. The largest absolute Gasteiger partial charge is 0.244 e. The summed E-state index contributed by atoms with van der Waals surface area (Å²) >= 11 is 0. The zero-order chi connectivity index (χ0) is 82.0. The van der Waals surface area contributed by atoms with E-state index in [4.69, 9.17) is 0 Å². The maximum absolute atomic E-state index is 16.6. The molecule has 2 atom stereocenters. The van der Waals surface area contributed by atoms with Gasteiger partial charge in [0.25, 0.3) is 0 Å². The third kappa shape index (κ3) is 13.7. The van der Waals surface area contributed by atoms with Crippen LogP contribution >= 0.6 is 0 Å². The molecule has 0 aromatic heterocycles. The van der Waals surface area contributed by atoms with Crippen molar-refractivity contribution in [2.45, 2.75) is 48.3 Å². The first-order valence-electron chi connectivity index (χ1n) is 41.1. The van der Waals surface area contributed by atoms with Gasteiger partial charge in [-0.05, 0) is 195 Å². The van der Waals surface area contributed by atoms with Gasteiger partial charge in [0.1, 0.15) is 0 Å². The highest BCUT2D eigenvalue weighted by atomic mass is 32.2. The maximum Gasteiger partial charge on any atom is 0.244 e.